The molecule has 1 aliphatic carbocycles. The normalized spacial score (nSPS) is 23.3. The second kappa shape index (κ2) is 11.0. The number of likely N-dealkylation sites (tertiary alicyclic amines) is 1. The number of carbonyl (C=O) groups excluding carboxylic acids is 1. The quantitative estimate of drug-likeness (QED) is 0.560. The molecule has 1 aromatic heterocycles. The van der Waals surface area contributed by atoms with E-state index in [0.717, 1.165) is 64.1 Å². The fourth-order valence-corrected chi connectivity index (χ4v) is 5.13. The molecule has 1 amide bonds. The lowest BCUT2D eigenvalue weighted by Crippen LogP contribution is -2.51. The Labute approximate surface area is 204 Å². The van der Waals surface area contributed by atoms with Gasteiger partial charge >= 0.3 is 0 Å². The Hall–Kier alpha value is -2.62. The topological polar surface area (TPSA) is 69.7 Å². The molecule has 2 atom stereocenters. The first kappa shape index (κ1) is 24.1. The van der Waals surface area contributed by atoms with Crippen molar-refractivity contribution in [2.45, 2.75) is 43.9 Å². The number of hydrogen-bond acceptors (Lipinski definition) is 6. The van der Waals surface area contributed by atoms with E-state index in [-0.39, 0.29) is 30.2 Å². The highest BCUT2D eigenvalue weighted by molar-refractivity contribution is 5.78. The van der Waals surface area contributed by atoms with E-state index in [2.05, 4.69) is 20.5 Å². The third kappa shape index (κ3) is 5.97. The minimum atomic E-state index is -0.603. The van der Waals surface area contributed by atoms with Crippen molar-refractivity contribution in [2.75, 3.05) is 45.8 Å². The monoisotopic (exact) mass is 485 g/mol. The number of nitrogens with zero attached hydrogens (tertiary/aromatic N) is 3. The van der Waals surface area contributed by atoms with Gasteiger partial charge in [0.25, 0.3) is 0 Å². The van der Waals surface area contributed by atoms with Crippen LogP contribution >= 0.6 is 0 Å². The largest absolute Gasteiger partial charge is 0.485 e. The number of halogens is 2. The smallest absolute Gasteiger partial charge is 0.236 e. The predicted octanol–water partition coefficient (Wildman–Crippen LogP) is 2.28. The molecular formula is C26H33F2N5O2. The van der Waals surface area contributed by atoms with E-state index in [0.29, 0.717) is 18.2 Å². The van der Waals surface area contributed by atoms with Gasteiger partial charge < -0.3 is 20.3 Å². The van der Waals surface area contributed by atoms with Crippen LogP contribution in [0.5, 0.6) is 5.75 Å². The second-order valence-corrected chi connectivity index (χ2v) is 9.70. The van der Waals surface area contributed by atoms with E-state index in [1.807, 2.05) is 11.0 Å². The first-order chi connectivity index (χ1) is 17.1. The summed E-state index contributed by atoms with van der Waals surface area (Å²) in [7, 11) is 0. The summed E-state index contributed by atoms with van der Waals surface area (Å²) < 4.78 is 34.2. The highest BCUT2D eigenvalue weighted by atomic mass is 19.1. The van der Waals surface area contributed by atoms with Crippen LogP contribution in [0.1, 0.15) is 36.3 Å². The summed E-state index contributed by atoms with van der Waals surface area (Å²) in [6.07, 6.45) is 4.12. The van der Waals surface area contributed by atoms with Crippen LogP contribution in [0.15, 0.2) is 36.5 Å². The fraction of sp³-hybridized carbons (Fsp3) is 0.538. The van der Waals surface area contributed by atoms with Crippen LogP contribution in [-0.2, 0) is 11.4 Å². The van der Waals surface area contributed by atoms with Crippen LogP contribution in [0.4, 0.5) is 8.78 Å². The van der Waals surface area contributed by atoms with Gasteiger partial charge in [-0.15, -0.1) is 0 Å². The van der Waals surface area contributed by atoms with Crippen molar-refractivity contribution in [1.82, 2.24) is 25.4 Å². The highest BCUT2D eigenvalue weighted by Gasteiger charge is 2.42. The van der Waals surface area contributed by atoms with Crippen LogP contribution in [0.25, 0.3) is 0 Å². The Kier molecular flexibility index (Phi) is 7.55. The number of pyridine rings is 1. The van der Waals surface area contributed by atoms with E-state index in [1.165, 1.54) is 12.3 Å². The van der Waals surface area contributed by atoms with Gasteiger partial charge in [-0.05, 0) is 37.5 Å². The van der Waals surface area contributed by atoms with Gasteiger partial charge in [-0.25, -0.2) is 9.37 Å². The zero-order valence-corrected chi connectivity index (χ0v) is 19.9. The zero-order valence-electron chi connectivity index (χ0n) is 19.9. The zero-order chi connectivity index (χ0) is 24.2. The van der Waals surface area contributed by atoms with Crippen LogP contribution in [0.3, 0.4) is 0 Å². The second-order valence-electron chi connectivity index (χ2n) is 9.70. The minimum absolute atomic E-state index is 0.0706. The van der Waals surface area contributed by atoms with Crippen molar-refractivity contribution < 1.29 is 18.3 Å². The molecule has 0 radical (unpaired) electrons. The fourth-order valence-electron chi connectivity index (χ4n) is 5.13. The molecule has 1 aromatic carbocycles. The maximum absolute atomic E-state index is 14.6. The highest BCUT2D eigenvalue weighted by Crippen LogP contribution is 2.46. The van der Waals surface area contributed by atoms with Gasteiger partial charge in [0.1, 0.15) is 6.61 Å². The van der Waals surface area contributed by atoms with E-state index in [9.17, 15) is 13.6 Å². The van der Waals surface area contributed by atoms with Gasteiger partial charge in [-0.3, -0.25) is 9.69 Å². The van der Waals surface area contributed by atoms with E-state index >= 15 is 0 Å². The number of rotatable bonds is 8. The molecule has 2 unspecified atom stereocenters. The Morgan fingerprint density at radius 2 is 1.91 bits per heavy atom. The molecule has 0 bridgehead atoms. The number of piperazine rings is 1. The molecule has 1 saturated carbocycles. The Morgan fingerprint density at radius 1 is 1.11 bits per heavy atom. The van der Waals surface area contributed by atoms with Crippen molar-refractivity contribution in [1.29, 1.82) is 0 Å². The minimum Gasteiger partial charge on any atom is -0.485 e. The molecule has 2 aromatic rings. The Morgan fingerprint density at radius 3 is 2.69 bits per heavy atom. The predicted molar refractivity (Wildman–Crippen MR) is 128 cm³/mol. The van der Waals surface area contributed by atoms with Crippen molar-refractivity contribution >= 4 is 5.91 Å². The number of piperidine rings is 1. The number of para-hydroxylation sites is 1. The molecule has 9 heteroatoms. The maximum atomic E-state index is 14.6. The van der Waals surface area contributed by atoms with Gasteiger partial charge in [0.2, 0.25) is 11.9 Å². The average molecular weight is 486 g/mol. The molecule has 0 spiro atoms. The number of nitrogens with one attached hydrogen (secondary N) is 2. The maximum Gasteiger partial charge on any atom is 0.236 e. The van der Waals surface area contributed by atoms with Gasteiger partial charge in [0.05, 0.1) is 6.54 Å². The first-order valence-electron chi connectivity index (χ1n) is 12.6. The van der Waals surface area contributed by atoms with E-state index in [1.54, 1.807) is 18.2 Å². The SMILES string of the molecule is O=C(CN1CCNCC1)N1CCC(NC2CC2c2cccc(F)c2OCc2cccnc2F)CC1. The summed E-state index contributed by atoms with van der Waals surface area (Å²) in [5.74, 6) is -0.464. The lowest BCUT2D eigenvalue weighted by atomic mass is 10.0. The molecule has 2 N–H and O–H groups in total. The molecule has 3 heterocycles. The van der Waals surface area contributed by atoms with E-state index < -0.39 is 11.8 Å². The van der Waals surface area contributed by atoms with Gasteiger partial charge in [-0.1, -0.05) is 12.1 Å². The molecule has 3 fully saturated rings. The molecule has 2 saturated heterocycles. The molecule has 188 valence electrons. The molecule has 3 aliphatic rings. The number of hydrogen-bond donors (Lipinski definition) is 2. The summed E-state index contributed by atoms with van der Waals surface area (Å²) in [6, 6.07) is 8.77. The number of aromatic nitrogens is 1. The number of carbonyl (C=O) groups is 1. The summed E-state index contributed by atoms with van der Waals surface area (Å²) in [4.78, 5) is 20.5. The molecular weight excluding hydrogens is 452 g/mol. The summed E-state index contributed by atoms with van der Waals surface area (Å²) in [5.41, 5.74) is 1.11. The Balaban J connectivity index is 1.11. The Bertz CT molecular complexity index is 1020. The molecule has 7 nitrogen and oxygen atoms in total. The summed E-state index contributed by atoms with van der Waals surface area (Å²) >= 11 is 0. The lowest BCUT2D eigenvalue weighted by molar-refractivity contribution is -0.133. The van der Waals surface area contributed by atoms with Crippen LogP contribution in [-0.4, -0.2) is 78.6 Å². The summed E-state index contributed by atoms with van der Waals surface area (Å²) in [5, 5.41) is 7.02. The van der Waals surface area contributed by atoms with Crippen molar-refractivity contribution in [3.63, 3.8) is 0 Å². The lowest BCUT2D eigenvalue weighted by Gasteiger charge is -2.35. The number of benzene rings is 1. The molecule has 35 heavy (non-hydrogen) atoms. The van der Waals surface area contributed by atoms with Crippen molar-refractivity contribution in [2.24, 2.45) is 0 Å². The van der Waals surface area contributed by atoms with Crippen molar-refractivity contribution in [3.8, 4) is 5.75 Å². The number of ether oxygens (including phenoxy) is 1. The first-order valence-corrected chi connectivity index (χ1v) is 12.6. The molecule has 5 rings (SSSR count). The van der Waals surface area contributed by atoms with Crippen molar-refractivity contribution in [3.05, 3.63) is 59.4 Å². The molecule has 2 aliphatic heterocycles. The standard InChI is InChI=1S/C26H33F2N5O2/c27-22-5-1-4-20(25(22)35-17-18-3-2-8-30-26(18)28)21-15-23(21)31-19-6-11-33(12-7-19)24(34)16-32-13-9-29-10-14-32/h1-5,8,19,21,23,29,31H,6-7,9-17H2. The third-order valence-electron chi connectivity index (χ3n) is 7.26. The van der Waals surface area contributed by atoms with E-state index in [4.69, 9.17) is 4.74 Å². The van der Waals surface area contributed by atoms with Gasteiger partial charge in [-0.2, -0.15) is 4.39 Å². The van der Waals surface area contributed by atoms with Gasteiger partial charge in [0, 0.05) is 74.6 Å². The van der Waals surface area contributed by atoms with Gasteiger partial charge in [0.15, 0.2) is 11.6 Å². The van der Waals surface area contributed by atoms with Crippen LogP contribution in [0.2, 0.25) is 0 Å². The average Bonchev–Trinajstić information content (AvgIpc) is 3.64. The summed E-state index contributed by atoms with van der Waals surface area (Å²) in [6.45, 7) is 5.72. The van der Waals surface area contributed by atoms with Crippen LogP contribution < -0.4 is 15.4 Å². The third-order valence-corrected chi connectivity index (χ3v) is 7.26. The van der Waals surface area contributed by atoms with Crippen LogP contribution in [0, 0.1) is 11.8 Å². The number of amides is 1.